The lowest BCUT2D eigenvalue weighted by molar-refractivity contribution is 0.604. The van der Waals surface area contributed by atoms with Crippen LogP contribution < -0.4 is 0 Å². The summed E-state index contributed by atoms with van der Waals surface area (Å²) < 4.78 is 4.44. The van der Waals surface area contributed by atoms with Gasteiger partial charge in [-0.3, -0.25) is 0 Å². The summed E-state index contributed by atoms with van der Waals surface area (Å²) in [4.78, 5) is 0. The molecule has 0 unspecified atom stereocenters. The van der Waals surface area contributed by atoms with E-state index in [0.717, 1.165) is 6.54 Å². The highest BCUT2D eigenvalue weighted by molar-refractivity contribution is 5.75. The van der Waals surface area contributed by atoms with Crippen molar-refractivity contribution in [2.75, 3.05) is 0 Å². The molecule has 12 heavy (non-hydrogen) atoms. The summed E-state index contributed by atoms with van der Waals surface area (Å²) in [6.45, 7) is 5.53. The molecule has 0 aliphatic heterocycles. The first-order chi connectivity index (χ1) is 5.25. The number of rotatable bonds is 3. The van der Waals surface area contributed by atoms with Crippen LogP contribution in [0.1, 0.15) is 25.6 Å². The molecule has 0 radical (unpaired) electrons. The number of aromatic nitrogens is 2. The fraction of sp³-hybridized carbons (Fsp3) is 0.667. The van der Waals surface area contributed by atoms with Gasteiger partial charge >= 0.3 is 0 Å². The average molecular weight is 168 g/mol. The van der Waals surface area contributed by atoms with Crippen molar-refractivity contribution in [2.45, 2.75) is 33.2 Å². The molecule has 1 aromatic rings. The van der Waals surface area contributed by atoms with Crippen LogP contribution in [0, 0.1) is 6.92 Å². The molecule has 0 aliphatic rings. The third kappa shape index (κ3) is 2.40. The predicted molar refractivity (Wildman–Crippen MR) is 58.8 cm³/mol. The minimum absolute atomic E-state index is 0. The largest absolute Gasteiger partial charge is 0.224 e. The van der Waals surface area contributed by atoms with Crippen molar-refractivity contribution < 1.29 is 0 Å². The normalized spacial score (nSPS) is 9.58. The van der Waals surface area contributed by atoms with Crippen LogP contribution >= 0.6 is 0 Å². The fourth-order valence-electron chi connectivity index (χ4n) is 1.16. The quantitative estimate of drug-likeness (QED) is 0.466. The van der Waals surface area contributed by atoms with Crippen molar-refractivity contribution in [1.82, 2.24) is 9.13 Å². The molecule has 2 nitrogen and oxygen atoms in total. The van der Waals surface area contributed by atoms with Gasteiger partial charge in [-0.25, -0.2) is 9.13 Å². The smallest absolute Gasteiger partial charge is 0.185 e. The molecule has 0 fully saturated rings. The maximum Gasteiger partial charge on any atom is 0.185 e. The van der Waals surface area contributed by atoms with Gasteiger partial charge in [0.2, 0.25) is 0 Å². The molecule has 1 heterocycles. The Morgan fingerprint density at radius 3 is 2.42 bits per heavy atom. The van der Waals surface area contributed by atoms with Gasteiger partial charge in [0.25, 0.3) is 0 Å². The van der Waals surface area contributed by atoms with Crippen LogP contribution in [0.4, 0.5) is 0 Å². The number of nitrogens with zero attached hydrogens (tertiary/aromatic N) is 2. The van der Waals surface area contributed by atoms with E-state index < -0.39 is 0 Å². The molecule has 0 amide bonds. The molecular weight excluding hydrogens is 147 g/mol. The second-order valence-corrected chi connectivity index (χ2v) is 3.00. The first-order valence-corrected chi connectivity index (χ1v) is 4.27. The zero-order chi connectivity index (χ0) is 8.27. The van der Waals surface area contributed by atoms with Gasteiger partial charge in [0.15, 0.2) is 18.2 Å². The zero-order valence-electron chi connectivity index (χ0n) is 7.67. The van der Waals surface area contributed by atoms with Gasteiger partial charge in [-0.15, -0.1) is 0 Å². The zero-order valence-corrected chi connectivity index (χ0v) is 7.67. The molecular formula is C9H21BN2. The molecule has 0 aliphatic carbocycles. The standard InChI is InChI=1S/C9H17N2.BH4/c1-4-5-6-11-8-7-10(3)9(11)2;/h7-8H,4-6H2,1-3H3;1H4/q+1;-1. The predicted octanol–water partition coefficient (Wildman–Crippen LogP) is 0.765. The summed E-state index contributed by atoms with van der Waals surface area (Å²) in [5.74, 6) is 1.33. The second kappa shape index (κ2) is 5.02. The Morgan fingerprint density at radius 1 is 1.33 bits per heavy atom. The third-order valence-corrected chi connectivity index (χ3v) is 2.15. The van der Waals surface area contributed by atoms with Crippen molar-refractivity contribution in [3.8, 4) is 0 Å². The number of aryl methyl sites for hydroxylation is 2. The SMILES string of the molecule is CCCCn1ccn(C)[c+]1C.[BH4-]. The summed E-state index contributed by atoms with van der Waals surface area (Å²) in [5.41, 5.74) is 0. The van der Waals surface area contributed by atoms with Gasteiger partial charge in [-0.05, 0) is 6.42 Å². The third-order valence-electron chi connectivity index (χ3n) is 2.15. The molecule has 70 valence electrons. The summed E-state index contributed by atoms with van der Waals surface area (Å²) in [5, 5.41) is 0. The van der Waals surface area contributed by atoms with Crippen LogP contribution in [0.5, 0.6) is 0 Å². The highest BCUT2D eigenvalue weighted by atomic mass is 15.1. The lowest BCUT2D eigenvalue weighted by atomic mass is 10.3. The Hall–Kier alpha value is -0.725. The van der Waals surface area contributed by atoms with E-state index in [-0.39, 0.29) is 8.41 Å². The molecule has 0 aromatic carbocycles. The lowest BCUT2D eigenvalue weighted by Crippen LogP contribution is -2.01. The van der Waals surface area contributed by atoms with E-state index >= 15 is 0 Å². The highest BCUT2D eigenvalue weighted by Crippen LogP contribution is 2.01. The fourth-order valence-corrected chi connectivity index (χ4v) is 1.16. The molecule has 0 saturated heterocycles. The summed E-state index contributed by atoms with van der Waals surface area (Å²) in [6, 6.07) is 0. The molecule has 1 aromatic heterocycles. The Balaban J connectivity index is 0.00000121. The first kappa shape index (κ1) is 11.3. The van der Waals surface area contributed by atoms with Crippen molar-refractivity contribution in [3.05, 3.63) is 18.2 Å². The number of unbranched alkanes of at least 4 members (excludes halogenated alkanes) is 1. The number of hydrogen-bond donors (Lipinski definition) is 0. The molecule has 0 N–H and O–H groups in total. The van der Waals surface area contributed by atoms with E-state index in [1.165, 1.54) is 18.7 Å². The molecule has 0 atom stereocenters. The van der Waals surface area contributed by atoms with Crippen LogP contribution in [0.2, 0.25) is 0 Å². The van der Waals surface area contributed by atoms with Crippen molar-refractivity contribution in [1.29, 1.82) is 0 Å². The van der Waals surface area contributed by atoms with Gasteiger partial charge < -0.3 is 0 Å². The van der Waals surface area contributed by atoms with E-state index in [1.54, 1.807) is 0 Å². The van der Waals surface area contributed by atoms with Gasteiger partial charge in [0, 0.05) is 14.0 Å². The van der Waals surface area contributed by atoms with E-state index in [0.29, 0.717) is 0 Å². The Labute approximate surface area is 76.8 Å². The maximum absolute atomic E-state index is 2.30. The topological polar surface area (TPSA) is 9.86 Å². The van der Waals surface area contributed by atoms with Gasteiger partial charge in [0.05, 0.1) is 6.54 Å². The van der Waals surface area contributed by atoms with Crippen LogP contribution in [-0.4, -0.2) is 17.5 Å². The molecule has 1 rings (SSSR count). The van der Waals surface area contributed by atoms with Gasteiger partial charge in [-0.1, -0.05) is 21.8 Å². The van der Waals surface area contributed by atoms with Gasteiger partial charge in [0.1, 0.15) is 0 Å². The summed E-state index contributed by atoms with van der Waals surface area (Å²) in [6.07, 6.45) is 6.78. The Bertz CT molecular complexity index is 230. The molecule has 0 spiro atoms. The number of hydrogen-bond acceptors (Lipinski definition) is 0. The van der Waals surface area contributed by atoms with E-state index in [1.807, 2.05) is 0 Å². The Kier molecular flexibility index (Phi) is 4.71. The Morgan fingerprint density at radius 2 is 2.00 bits per heavy atom. The van der Waals surface area contributed by atoms with Crippen molar-refractivity contribution >= 4 is 8.41 Å². The van der Waals surface area contributed by atoms with Crippen LogP contribution in [0.3, 0.4) is 0 Å². The highest BCUT2D eigenvalue weighted by Gasteiger charge is 2.05. The minimum atomic E-state index is 0. The van der Waals surface area contributed by atoms with Crippen molar-refractivity contribution in [2.24, 2.45) is 7.05 Å². The van der Waals surface area contributed by atoms with Gasteiger partial charge in [-0.2, -0.15) is 0 Å². The molecule has 0 saturated carbocycles. The number of imidazole rings is 1. The van der Waals surface area contributed by atoms with E-state index in [2.05, 4.69) is 42.4 Å². The van der Waals surface area contributed by atoms with Crippen LogP contribution in [-0.2, 0) is 13.6 Å². The van der Waals surface area contributed by atoms with E-state index in [9.17, 15) is 0 Å². The molecule has 0 bridgehead atoms. The lowest BCUT2D eigenvalue weighted by Gasteiger charge is -1.97. The van der Waals surface area contributed by atoms with Crippen LogP contribution in [0.25, 0.3) is 0 Å². The summed E-state index contributed by atoms with van der Waals surface area (Å²) >= 11 is 0. The second-order valence-electron chi connectivity index (χ2n) is 3.00. The van der Waals surface area contributed by atoms with E-state index in [4.69, 9.17) is 0 Å². The maximum atomic E-state index is 2.30. The minimum Gasteiger partial charge on any atom is -0.224 e. The first-order valence-electron chi connectivity index (χ1n) is 4.27. The average Bonchev–Trinajstić information content (AvgIpc) is 2.31. The monoisotopic (exact) mass is 168 g/mol. The summed E-state index contributed by atoms with van der Waals surface area (Å²) in [7, 11) is 2.08. The van der Waals surface area contributed by atoms with Crippen molar-refractivity contribution in [3.63, 3.8) is 0 Å². The van der Waals surface area contributed by atoms with Crippen LogP contribution in [0.15, 0.2) is 12.4 Å². The molecule has 3 heteroatoms.